The summed E-state index contributed by atoms with van der Waals surface area (Å²) in [6.07, 6.45) is 3.74. The van der Waals surface area contributed by atoms with Crippen LogP contribution in [0.25, 0.3) is 0 Å². The fourth-order valence-electron chi connectivity index (χ4n) is 3.35. The van der Waals surface area contributed by atoms with Gasteiger partial charge in [-0.1, -0.05) is 6.07 Å². The summed E-state index contributed by atoms with van der Waals surface area (Å²) in [5, 5.41) is 2.91. The molecular weight excluding hydrogens is 308 g/mol. The van der Waals surface area contributed by atoms with Crippen molar-refractivity contribution in [1.82, 2.24) is 10.2 Å². The number of likely N-dealkylation sites (tertiary alicyclic amines) is 1. The first-order valence-corrected chi connectivity index (χ1v) is 8.22. The van der Waals surface area contributed by atoms with Crippen LogP contribution in [-0.2, 0) is 11.3 Å². The Hall–Kier alpha value is -2.47. The molecule has 0 saturated carbocycles. The molecule has 1 fully saturated rings. The van der Waals surface area contributed by atoms with E-state index in [9.17, 15) is 4.79 Å². The molecule has 0 bridgehead atoms. The van der Waals surface area contributed by atoms with Gasteiger partial charge < -0.3 is 19.2 Å². The van der Waals surface area contributed by atoms with Gasteiger partial charge >= 0.3 is 0 Å². The van der Waals surface area contributed by atoms with E-state index in [-0.39, 0.29) is 18.7 Å². The van der Waals surface area contributed by atoms with Gasteiger partial charge in [0.1, 0.15) is 5.76 Å². The highest BCUT2D eigenvalue weighted by Crippen LogP contribution is 2.38. The number of ether oxygens (including phenoxy) is 2. The summed E-state index contributed by atoms with van der Waals surface area (Å²) in [5.41, 5.74) is 1.18. The summed E-state index contributed by atoms with van der Waals surface area (Å²) in [7, 11) is 0. The third kappa shape index (κ3) is 3.10. The molecule has 1 unspecified atom stereocenters. The smallest absolute Gasteiger partial charge is 0.234 e. The van der Waals surface area contributed by atoms with E-state index < -0.39 is 0 Å². The van der Waals surface area contributed by atoms with E-state index in [4.69, 9.17) is 13.9 Å². The summed E-state index contributed by atoms with van der Waals surface area (Å²) in [4.78, 5) is 14.4. The molecule has 1 aromatic carbocycles. The fourth-order valence-corrected chi connectivity index (χ4v) is 3.35. The van der Waals surface area contributed by atoms with E-state index in [2.05, 4.69) is 16.3 Å². The molecule has 1 N–H and O–H groups in total. The molecule has 1 amide bonds. The van der Waals surface area contributed by atoms with Crippen LogP contribution in [0, 0.1) is 0 Å². The second kappa shape index (κ2) is 6.57. The molecule has 3 heterocycles. The van der Waals surface area contributed by atoms with E-state index in [1.165, 1.54) is 5.56 Å². The van der Waals surface area contributed by atoms with Crippen LogP contribution in [0.4, 0.5) is 0 Å². The number of nitrogens with zero attached hydrogens (tertiary/aromatic N) is 1. The SMILES string of the molecule is O=C(CN1CCCC1c1ccc2c(c1)OCO2)NCc1ccco1. The zero-order valence-corrected chi connectivity index (χ0v) is 13.4. The fraction of sp³-hybridized carbons (Fsp3) is 0.389. The van der Waals surface area contributed by atoms with Crippen molar-refractivity contribution in [3.8, 4) is 11.5 Å². The Morgan fingerprint density at radius 1 is 1.25 bits per heavy atom. The molecular formula is C18H20N2O4. The second-order valence-corrected chi connectivity index (χ2v) is 6.10. The lowest BCUT2D eigenvalue weighted by molar-refractivity contribution is -0.122. The van der Waals surface area contributed by atoms with Crippen molar-refractivity contribution in [2.24, 2.45) is 0 Å². The monoisotopic (exact) mass is 328 g/mol. The van der Waals surface area contributed by atoms with Crippen molar-refractivity contribution >= 4 is 5.91 Å². The average molecular weight is 328 g/mol. The number of carbonyl (C=O) groups excluding carboxylic acids is 1. The third-order valence-electron chi connectivity index (χ3n) is 4.53. The number of hydrogen-bond acceptors (Lipinski definition) is 5. The van der Waals surface area contributed by atoms with Gasteiger partial charge in [-0.05, 0) is 49.2 Å². The molecule has 0 aliphatic carbocycles. The van der Waals surface area contributed by atoms with Crippen LogP contribution in [0.2, 0.25) is 0 Å². The molecule has 2 aromatic rings. The van der Waals surface area contributed by atoms with Crippen molar-refractivity contribution in [2.45, 2.75) is 25.4 Å². The zero-order valence-electron chi connectivity index (χ0n) is 13.4. The third-order valence-corrected chi connectivity index (χ3v) is 4.53. The van der Waals surface area contributed by atoms with Gasteiger partial charge in [-0.3, -0.25) is 9.69 Å². The number of nitrogens with one attached hydrogen (secondary N) is 1. The quantitative estimate of drug-likeness (QED) is 0.913. The van der Waals surface area contributed by atoms with Gasteiger partial charge in [0.25, 0.3) is 0 Å². The summed E-state index contributed by atoms with van der Waals surface area (Å²) < 4.78 is 16.1. The first kappa shape index (κ1) is 15.1. The van der Waals surface area contributed by atoms with Crippen LogP contribution in [0.15, 0.2) is 41.0 Å². The summed E-state index contributed by atoms with van der Waals surface area (Å²) in [5.74, 6) is 2.36. The lowest BCUT2D eigenvalue weighted by atomic mass is 10.0. The minimum Gasteiger partial charge on any atom is -0.467 e. The van der Waals surface area contributed by atoms with Gasteiger partial charge in [-0.25, -0.2) is 0 Å². The van der Waals surface area contributed by atoms with Gasteiger partial charge in [-0.15, -0.1) is 0 Å². The topological polar surface area (TPSA) is 63.9 Å². The number of rotatable bonds is 5. The van der Waals surface area contributed by atoms with Crippen LogP contribution >= 0.6 is 0 Å². The van der Waals surface area contributed by atoms with Gasteiger partial charge in [-0.2, -0.15) is 0 Å². The van der Waals surface area contributed by atoms with Crippen LogP contribution in [0.5, 0.6) is 11.5 Å². The standard InChI is InChI=1S/C18H20N2O4/c21-18(19-10-14-3-2-8-22-14)11-20-7-1-4-15(20)13-5-6-16-17(9-13)24-12-23-16/h2-3,5-6,8-9,15H,1,4,7,10-12H2,(H,19,21). The maximum absolute atomic E-state index is 12.2. The van der Waals surface area contributed by atoms with Crippen molar-refractivity contribution < 1.29 is 18.7 Å². The molecule has 0 radical (unpaired) electrons. The van der Waals surface area contributed by atoms with Gasteiger partial charge in [0.2, 0.25) is 12.7 Å². The molecule has 24 heavy (non-hydrogen) atoms. The predicted octanol–water partition coefficient (Wildman–Crippen LogP) is 2.46. The zero-order chi connectivity index (χ0) is 16.4. The van der Waals surface area contributed by atoms with Crippen LogP contribution in [0.1, 0.15) is 30.2 Å². The van der Waals surface area contributed by atoms with Gasteiger partial charge in [0.15, 0.2) is 11.5 Å². The molecule has 2 aliphatic heterocycles. The number of amides is 1. The number of fused-ring (bicyclic) bond motifs is 1. The minimum atomic E-state index is 0.0130. The Kier molecular flexibility index (Phi) is 4.13. The highest BCUT2D eigenvalue weighted by molar-refractivity contribution is 5.78. The first-order valence-electron chi connectivity index (χ1n) is 8.22. The van der Waals surface area contributed by atoms with Crippen LogP contribution in [-0.4, -0.2) is 30.7 Å². The Morgan fingerprint density at radius 2 is 2.17 bits per heavy atom. The van der Waals surface area contributed by atoms with Crippen LogP contribution < -0.4 is 14.8 Å². The van der Waals surface area contributed by atoms with E-state index in [0.29, 0.717) is 13.1 Å². The summed E-state index contributed by atoms with van der Waals surface area (Å²) >= 11 is 0. The van der Waals surface area contributed by atoms with E-state index >= 15 is 0 Å². The van der Waals surface area contributed by atoms with Crippen molar-refractivity contribution in [3.63, 3.8) is 0 Å². The maximum atomic E-state index is 12.2. The Balaban J connectivity index is 1.38. The molecule has 0 spiro atoms. The van der Waals surface area contributed by atoms with Crippen LogP contribution in [0.3, 0.4) is 0 Å². The highest BCUT2D eigenvalue weighted by atomic mass is 16.7. The lowest BCUT2D eigenvalue weighted by Gasteiger charge is -2.24. The molecule has 6 heteroatoms. The van der Waals surface area contributed by atoms with Crippen molar-refractivity contribution in [2.75, 3.05) is 19.9 Å². The number of benzene rings is 1. The number of hydrogen-bond donors (Lipinski definition) is 1. The van der Waals surface area contributed by atoms with E-state index in [1.807, 2.05) is 24.3 Å². The van der Waals surface area contributed by atoms with E-state index in [1.54, 1.807) is 6.26 Å². The van der Waals surface area contributed by atoms with Crippen molar-refractivity contribution in [3.05, 3.63) is 47.9 Å². The van der Waals surface area contributed by atoms with E-state index in [0.717, 1.165) is 36.6 Å². The normalized spacial score (nSPS) is 19.6. The number of furan rings is 1. The predicted molar refractivity (Wildman–Crippen MR) is 86.7 cm³/mol. The molecule has 1 aromatic heterocycles. The van der Waals surface area contributed by atoms with Gasteiger partial charge in [0.05, 0.1) is 19.4 Å². The molecule has 2 aliphatic rings. The molecule has 1 atom stereocenters. The lowest BCUT2D eigenvalue weighted by Crippen LogP contribution is -2.36. The molecule has 126 valence electrons. The first-order chi connectivity index (χ1) is 11.8. The molecule has 1 saturated heterocycles. The second-order valence-electron chi connectivity index (χ2n) is 6.10. The molecule has 4 rings (SSSR count). The van der Waals surface area contributed by atoms with Crippen molar-refractivity contribution in [1.29, 1.82) is 0 Å². The Labute approximate surface area is 140 Å². The maximum Gasteiger partial charge on any atom is 0.234 e. The summed E-state index contributed by atoms with van der Waals surface area (Å²) in [6, 6.07) is 9.96. The Morgan fingerprint density at radius 3 is 3.04 bits per heavy atom. The average Bonchev–Trinajstić information content (AvgIpc) is 3.33. The number of carbonyl (C=O) groups is 1. The highest BCUT2D eigenvalue weighted by Gasteiger charge is 2.28. The summed E-state index contributed by atoms with van der Waals surface area (Å²) in [6.45, 7) is 2.02. The minimum absolute atomic E-state index is 0.0130. The van der Waals surface area contributed by atoms with Gasteiger partial charge in [0, 0.05) is 6.04 Å². The molecule has 6 nitrogen and oxygen atoms in total. The largest absolute Gasteiger partial charge is 0.467 e. The Bertz CT molecular complexity index is 714.